The van der Waals surface area contributed by atoms with E-state index in [9.17, 15) is 13.2 Å². The van der Waals surface area contributed by atoms with Crippen molar-refractivity contribution >= 4 is 9.24 Å². The molecular weight excluding hydrogens is 216 g/mol. The highest BCUT2D eigenvalue weighted by molar-refractivity contribution is 7.18. The van der Waals surface area contributed by atoms with Crippen LogP contribution in [0.2, 0.25) is 0 Å². The summed E-state index contributed by atoms with van der Waals surface area (Å²) in [6.07, 6.45) is -4.01. The van der Waals surface area contributed by atoms with Crippen molar-refractivity contribution in [1.82, 2.24) is 0 Å². The van der Waals surface area contributed by atoms with Gasteiger partial charge < -0.3 is 9.47 Å². The van der Waals surface area contributed by atoms with Crippen LogP contribution in [0.4, 0.5) is 13.2 Å². The Morgan fingerprint density at radius 3 is 2.07 bits per heavy atom. The molecule has 0 amide bonds. The van der Waals surface area contributed by atoms with E-state index in [4.69, 9.17) is 0 Å². The molecule has 0 bridgehead atoms. The Morgan fingerprint density at radius 2 is 1.50 bits per heavy atom. The average Bonchev–Trinajstić information content (AvgIpc) is 2.05. The summed E-state index contributed by atoms with van der Waals surface area (Å²) in [5.41, 5.74) is -3.22. The van der Waals surface area contributed by atoms with Gasteiger partial charge >= 0.3 is 11.7 Å². The zero-order valence-electron chi connectivity index (χ0n) is 6.84. The summed E-state index contributed by atoms with van der Waals surface area (Å²) < 4.78 is 47.7. The molecule has 0 aromatic heterocycles. The zero-order valence-corrected chi connectivity index (χ0v) is 7.99. The van der Waals surface area contributed by atoms with E-state index in [2.05, 4.69) is 9.47 Å². The molecule has 0 radical (unpaired) electrons. The standard InChI is InChI=1S/C8H6F3O2P/c9-7(10)8(11,14)13-6-4-2-1-3-5(6)12-7/h1-4H,14H2. The first-order valence-electron chi connectivity index (χ1n) is 3.75. The lowest BCUT2D eigenvalue weighted by molar-refractivity contribution is -0.299. The first-order chi connectivity index (χ1) is 6.42. The molecular formula is C8H6F3O2P. The van der Waals surface area contributed by atoms with Crippen LogP contribution in [-0.4, -0.2) is 11.7 Å². The third kappa shape index (κ3) is 1.32. The maximum atomic E-state index is 13.2. The second-order valence-corrected chi connectivity index (χ2v) is 3.56. The molecule has 0 saturated heterocycles. The average molecular weight is 222 g/mol. The normalized spacial score (nSPS) is 28.6. The van der Waals surface area contributed by atoms with Crippen LogP contribution in [0.1, 0.15) is 0 Å². The number of para-hydroxylation sites is 2. The Morgan fingerprint density at radius 1 is 1.00 bits per heavy atom. The maximum absolute atomic E-state index is 13.2. The summed E-state index contributed by atoms with van der Waals surface area (Å²) in [6.45, 7) is 0. The molecule has 6 heteroatoms. The molecule has 1 heterocycles. The molecule has 1 aromatic rings. The van der Waals surface area contributed by atoms with Gasteiger partial charge in [0, 0.05) is 0 Å². The van der Waals surface area contributed by atoms with Gasteiger partial charge in [0.05, 0.1) is 0 Å². The van der Waals surface area contributed by atoms with E-state index in [1.54, 1.807) is 0 Å². The fraction of sp³-hybridized carbons (Fsp3) is 0.250. The van der Waals surface area contributed by atoms with Gasteiger partial charge in [-0.25, -0.2) is 0 Å². The topological polar surface area (TPSA) is 18.5 Å². The molecule has 1 aromatic carbocycles. The SMILES string of the molecule is FC1(F)Oc2ccccc2OC1(F)P. The molecule has 0 saturated carbocycles. The Balaban J connectivity index is 2.46. The molecule has 0 N–H and O–H groups in total. The smallest absolute Gasteiger partial charge is 0.443 e. The number of halogens is 3. The minimum Gasteiger partial charge on any atom is -0.443 e. The van der Waals surface area contributed by atoms with Crippen molar-refractivity contribution in [2.45, 2.75) is 11.7 Å². The van der Waals surface area contributed by atoms with Crippen molar-refractivity contribution in [1.29, 1.82) is 0 Å². The lowest BCUT2D eigenvalue weighted by atomic mass is 10.3. The van der Waals surface area contributed by atoms with Gasteiger partial charge in [0.25, 0.3) is 0 Å². The van der Waals surface area contributed by atoms with Gasteiger partial charge in [-0.15, -0.1) is 0 Å². The van der Waals surface area contributed by atoms with Crippen LogP contribution in [0.25, 0.3) is 0 Å². The fourth-order valence-electron chi connectivity index (χ4n) is 1.05. The highest BCUT2D eigenvalue weighted by Gasteiger charge is 2.60. The van der Waals surface area contributed by atoms with E-state index in [0.717, 1.165) is 0 Å². The maximum Gasteiger partial charge on any atom is 0.475 e. The van der Waals surface area contributed by atoms with Crippen molar-refractivity contribution in [2.24, 2.45) is 0 Å². The van der Waals surface area contributed by atoms with Gasteiger partial charge in [0.2, 0.25) is 0 Å². The fourth-order valence-corrected chi connectivity index (χ4v) is 1.23. The van der Waals surface area contributed by atoms with Crippen LogP contribution < -0.4 is 9.47 Å². The Hall–Kier alpha value is -0.960. The van der Waals surface area contributed by atoms with Gasteiger partial charge in [-0.2, -0.15) is 13.2 Å². The number of rotatable bonds is 0. The van der Waals surface area contributed by atoms with E-state index in [-0.39, 0.29) is 11.5 Å². The van der Waals surface area contributed by atoms with E-state index < -0.39 is 11.7 Å². The van der Waals surface area contributed by atoms with Crippen molar-refractivity contribution in [2.75, 3.05) is 0 Å². The molecule has 2 rings (SSSR count). The van der Waals surface area contributed by atoms with Gasteiger partial charge in [-0.05, 0) is 21.4 Å². The molecule has 2 unspecified atom stereocenters. The summed E-state index contributed by atoms with van der Waals surface area (Å²) >= 11 is 0. The number of hydrogen-bond acceptors (Lipinski definition) is 2. The predicted octanol–water partition coefficient (Wildman–Crippen LogP) is 2.55. The molecule has 0 spiro atoms. The van der Waals surface area contributed by atoms with Crippen molar-refractivity contribution in [3.63, 3.8) is 0 Å². The monoisotopic (exact) mass is 222 g/mol. The van der Waals surface area contributed by atoms with Crippen molar-refractivity contribution < 1.29 is 22.6 Å². The molecule has 1 aliphatic heterocycles. The summed E-state index contributed by atoms with van der Waals surface area (Å²) in [7, 11) is 1.29. The second kappa shape index (κ2) is 2.76. The van der Waals surface area contributed by atoms with Crippen LogP contribution in [0.5, 0.6) is 11.5 Å². The van der Waals surface area contributed by atoms with E-state index in [0.29, 0.717) is 0 Å². The predicted molar refractivity (Wildman–Crippen MR) is 46.2 cm³/mol. The second-order valence-electron chi connectivity index (χ2n) is 2.81. The Bertz CT molecular complexity index is 332. The van der Waals surface area contributed by atoms with E-state index >= 15 is 0 Å². The van der Waals surface area contributed by atoms with Gasteiger partial charge in [-0.1, -0.05) is 12.1 Å². The molecule has 14 heavy (non-hydrogen) atoms. The summed E-state index contributed by atoms with van der Waals surface area (Å²) in [4.78, 5) is 0. The number of fused-ring (bicyclic) bond motifs is 1. The van der Waals surface area contributed by atoms with Crippen molar-refractivity contribution in [3.05, 3.63) is 24.3 Å². The van der Waals surface area contributed by atoms with Crippen LogP contribution in [-0.2, 0) is 0 Å². The lowest BCUT2D eigenvalue weighted by Gasteiger charge is -2.34. The number of hydrogen-bond donors (Lipinski definition) is 0. The highest BCUT2D eigenvalue weighted by atomic mass is 31.0. The minimum absolute atomic E-state index is 0.0454. The lowest BCUT2D eigenvalue weighted by Crippen LogP contribution is -2.50. The first kappa shape index (κ1) is 9.59. The van der Waals surface area contributed by atoms with Crippen LogP contribution >= 0.6 is 9.24 Å². The van der Waals surface area contributed by atoms with Gasteiger partial charge in [0.1, 0.15) is 0 Å². The van der Waals surface area contributed by atoms with Crippen LogP contribution in [0, 0.1) is 0 Å². The molecule has 76 valence electrons. The summed E-state index contributed by atoms with van der Waals surface area (Å²) in [5, 5.41) is 0. The third-order valence-electron chi connectivity index (χ3n) is 1.74. The van der Waals surface area contributed by atoms with Crippen LogP contribution in [0.3, 0.4) is 0 Å². The highest BCUT2D eigenvalue weighted by Crippen LogP contribution is 2.48. The largest absolute Gasteiger partial charge is 0.475 e. The van der Waals surface area contributed by atoms with Crippen molar-refractivity contribution in [3.8, 4) is 11.5 Å². The third-order valence-corrected chi connectivity index (χ3v) is 2.20. The van der Waals surface area contributed by atoms with Crippen LogP contribution in [0.15, 0.2) is 24.3 Å². The first-order valence-corrected chi connectivity index (χ1v) is 4.33. The summed E-state index contributed by atoms with van der Waals surface area (Å²) in [5.74, 6) is -0.218. The summed E-state index contributed by atoms with van der Waals surface area (Å²) in [6, 6.07) is 5.66. The quantitative estimate of drug-likeness (QED) is 0.628. The van der Waals surface area contributed by atoms with E-state index in [1.165, 1.54) is 33.5 Å². The van der Waals surface area contributed by atoms with E-state index in [1.807, 2.05) is 0 Å². The van der Waals surface area contributed by atoms with Gasteiger partial charge in [0.15, 0.2) is 11.5 Å². The minimum atomic E-state index is -4.01. The number of alkyl halides is 3. The zero-order chi connectivity index (χ0) is 10.4. The Kier molecular flexibility index (Phi) is 1.89. The molecule has 1 aliphatic rings. The molecule has 0 aliphatic carbocycles. The number of benzene rings is 1. The molecule has 2 atom stereocenters. The van der Waals surface area contributed by atoms with Gasteiger partial charge in [-0.3, -0.25) is 0 Å². The Labute approximate surface area is 80.2 Å². The number of ether oxygens (including phenoxy) is 2. The molecule has 0 fully saturated rings. The molecule has 2 nitrogen and oxygen atoms in total.